The number of carbonyl (C=O) groups excluding carboxylic acids is 1. The molecule has 2 N–H and O–H groups in total. The molecule has 132 valence electrons. The molecular formula is C16H34IN3O2. The highest BCUT2D eigenvalue weighted by molar-refractivity contribution is 14.0. The molecule has 0 aromatic carbocycles. The maximum atomic E-state index is 11.2. The zero-order valence-electron chi connectivity index (χ0n) is 14.6. The van der Waals surface area contributed by atoms with E-state index in [4.69, 9.17) is 4.74 Å². The van der Waals surface area contributed by atoms with E-state index < -0.39 is 0 Å². The molecule has 0 heterocycles. The third kappa shape index (κ3) is 15.9. The van der Waals surface area contributed by atoms with Gasteiger partial charge in [0.2, 0.25) is 0 Å². The molecule has 0 bridgehead atoms. The average Bonchev–Trinajstić information content (AvgIpc) is 2.43. The van der Waals surface area contributed by atoms with Crippen molar-refractivity contribution in [1.82, 2.24) is 10.6 Å². The van der Waals surface area contributed by atoms with Crippen LogP contribution in [-0.4, -0.2) is 38.2 Å². The van der Waals surface area contributed by atoms with Gasteiger partial charge in [0.15, 0.2) is 5.96 Å². The molecule has 0 amide bonds. The average molecular weight is 427 g/mol. The van der Waals surface area contributed by atoms with Crippen LogP contribution < -0.4 is 10.6 Å². The van der Waals surface area contributed by atoms with Crippen LogP contribution in [0.5, 0.6) is 0 Å². The summed E-state index contributed by atoms with van der Waals surface area (Å²) in [6, 6.07) is 0. The first-order valence-electron chi connectivity index (χ1n) is 8.27. The van der Waals surface area contributed by atoms with Crippen LogP contribution in [0.4, 0.5) is 0 Å². The van der Waals surface area contributed by atoms with Crippen molar-refractivity contribution >= 4 is 35.9 Å². The summed E-state index contributed by atoms with van der Waals surface area (Å²) in [4.78, 5) is 15.7. The van der Waals surface area contributed by atoms with Crippen LogP contribution >= 0.6 is 24.0 Å². The van der Waals surface area contributed by atoms with Gasteiger partial charge in [0.05, 0.1) is 6.61 Å². The van der Waals surface area contributed by atoms with Gasteiger partial charge in [0, 0.05) is 26.1 Å². The van der Waals surface area contributed by atoms with E-state index in [1.807, 2.05) is 6.92 Å². The highest BCUT2D eigenvalue weighted by Gasteiger charge is 2.01. The molecule has 5 nitrogen and oxygen atoms in total. The predicted molar refractivity (Wildman–Crippen MR) is 104 cm³/mol. The number of ether oxygens (including phenoxy) is 1. The van der Waals surface area contributed by atoms with Crippen LogP contribution in [0.1, 0.15) is 59.8 Å². The molecule has 0 unspecified atom stereocenters. The summed E-state index contributed by atoms with van der Waals surface area (Å²) in [6.45, 7) is 11.4. The van der Waals surface area contributed by atoms with Crippen LogP contribution in [0.2, 0.25) is 0 Å². The lowest BCUT2D eigenvalue weighted by atomic mass is 10.1. The molecule has 0 aliphatic heterocycles. The molecule has 0 aliphatic carbocycles. The van der Waals surface area contributed by atoms with Gasteiger partial charge < -0.3 is 15.4 Å². The lowest BCUT2D eigenvalue weighted by Gasteiger charge is -2.11. The van der Waals surface area contributed by atoms with E-state index in [2.05, 4.69) is 36.4 Å². The number of nitrogens with zero attached hydrogens (tertiary/aromatic N) is 1. The highest BCUT2D eigenvalue weighted by atomic mass is 127. The Labute approximate surface area is 153 Å². The Kier molecular flexibility index (Phi) is 18.2. The lowest BCUT2D eigenvalue weighted by molar-refractivity contribution is -0.143. The first kappa shape index (κ1) is 23.7. The third-order valence-electron chi connectivity index (χ3n) is 2.86. The second kappa shape index (κ2) is 16.8. The first-order valence-corrected chi connectivity index (χ1v) is 8.27. The van der Waals surface area contributed by atoms with Crippen molar-refractivity contribution in [3.8, 4) is 0 Å². The van der Waals surface area contributed by atoms with Crippen LogP contribution in [0.3, 0.4) is 0 Å². The fraction of sp³-hybridized carbons (Fsp3) is 0.875. The van der Waals surface area contributed by atoms with Gasteiger partial charge in [-0.2, -0.15) is 0 Å². The minimum Gasteiger partial charge on any atom is -0.466 e. The Balaban J connectivity index is 0. The maximum Gasteiger partial charge on any atom is 0.305 e. The molecule has 0 aliphatic rings. The number of carbonyl (C=O) groups is 1. The molecule has 22 heavy (non-hydrogen) atoms. The summed E-state index contributed by atoms with van der Waals surface area (Å²) >= 11 is 0. The molecule has 0 aromatic heterocycles. The number of hydrogen-bond acceptors (Lipinski definition) is 3. The van der Waals surface area contributed by atoms with E-state index in [0.717, 1.165) is 51.3 Å². The second-order valence-electron chi connectivity index (χ2n) is 5.51. The zero-order chi connectivity index (χ0) is 15.9. The molecule has 6 heteroatoms. The van der Waals surface area contributed by atoms with E-state index >= 15 is 0 Å². The minimum atomic E-state index is -0.0779. The normalized spacial score (nSPS) is 11.0. The number of halogens is 1. The fourth-order valence-electron chi connectivity index (χ4n) is 1.80. The summed E-state index contributed by atoms with van der Waals surface area (Å²) < 4.78 is 4.90. The van der Waals surface area contributed by atoms with Gasteiger partial charge in [0.1, 0.15) is 0 Å². The first-order chi connectivity index (χ1) is 10.1. The van der Waals surface area contributed by atoms with Gasteiger partial charge in [-0.3, -0.25) is 9.79 Å². The van der Waals surface area contributed by atoms with Crippen LogP contribution in [0.25, 0.3) is 0 Å². The highest BCUT2D eigenvalue weighted by Crippen LogP contribution is 2.03. The third-order valence-corrected chi connectivity index (χ3v) is 2.86. The maximum absolute atomic E-state index is 11.2. The number of esters is 1. The van der Waals surface area contributed by atoms with Gasteiger partial charge in [-0.25, -0.2) is 0 Å². The topological polar surface area (TPSA) is 62.7 Å². The van der Waals surface area contributed by atoms with Crippen LogP contribution in [0.15, 0.2) is 4.99 Å². The Morgan fingerprint density at radius 1 is 1.09 bits per heavy atom. The number of unbranched alkanes of at least 4 members (excludes halogenated alkanes) is 3. The molecule has 0 rings (SSSR count). The number of guanidine groups is 1. The van der Waals surface area contributed by atoms with Crippen molar-refractivity contribution in [3.05, 3.63) is 0 Å². The number of aliphatic imine (C=N–C) groups is 1. The predicted octanol–water partition coefficient (Wildman–Crippen LogP) is 3.33. The molecule has 0 fully saturated rings. The van der Waals surface area contributed by atoms with Gasteiger partial charge in [0.25, 0.3) is 0 Å². The fourth-order valence-corrected chi connectivity index (χ4v) is 1.80. The van der Waals surface area contributed by atoms with Crippen LogP contribution in [0, 0.1) is 5.92 Å². The van der Waals surface area contributed by atoms with Gasteiger partial charge >= 0.3 is 5.97 Å². The molecular weight excluding hydrogens is 393 g/mol. The second-order valence-corrected chi connectivity index (χ2v) is 5.51. The Morgan fingerprint density at radius 3 is 2.36 bits per heavy atom. The summed E-state index contributed by atoms with van der Waals surface area (Å²) in [5, 5.41) is 6.59. The largest absolute Gasteiger partial charge is 0.466 e. The molecule has 0 spiro atoms. The molecule has 0 saturated carbocycles. The monoisotopic (exact) mass is 427 g/mol. The van der Waals surface area contributed by atoms with Gasteiger partial charge in [-0.1, -0.05) is 26.7 Å². The number of rotatable bonds is 11. The smallest absolute Gasteiger partial charge is 0.305 e. The SMILES string of the molecule is CCNC(=NCC(C)C)NCCCCCCC(=O)OCC.I. The van der Waals surface area contributed by atoms with Crippen molar-refractivity contribution in [3.63, 3.8) is 0 Å². The van der Waals surface area contributed by atoms with E-state index in [-0.39, 0.29) is 29.9 Å². The summed E-state index contributed by atoms with van der Waals surface area (Å²) in [5.41, 5.74) is 0. The van der Waals surface area contributed by atoms with Gasteiger partial charge in [-0.15, -0.1) is 24.0 Å². The number of hydrogen-bond donors (Lipinski definition) is 2. The molecule has 0 radical (unpaired) electrons. The summed E-state index contributed by atoms with van der Waals surface area (Å²) in [7, 11) is 0. The van der Waals surface area contributed by atoms with Crippen molar-refractivity contribution < 1.29 is 9.53 Å². The zero-order valence-corrected chi connectivity index (χ0v) is 16.9. The Morgan fingerprint density at radius 2 is 1.77 bits per heavy atom. The summed E-state index contributed by atoms with van der Waals surface area (Å²) in [6.07, 6.45) is 4.74. The van der Waals surface area contributed by atoms with Crippen molar-refractivity contribution in [1.29, 1.82) is 0 Å². The molecule has 0 saturated heterocycles. The summed E-state index contributed by atoms with van der Waals surface area (Å²) in [5.74, 6) is 1.40. The molecule has 0 aromatic rings. The minimum absolute atomic E-state index is 0. The molecule has 0 atom stereocenters. The Hall–Kier alpha value is -0.530. The van der Waals surface area contributed by atoms with E-state index in [1.165, 1.54) is 0 Å². The number of nitrogens with one attached hydrogen (secondary N) is 2. The standard InChI is InChI=1S/C16H33N3O2.HI/c1-5-17-16(19-13-14(3)4)18-12-10-8-7-9-11-15(20)21-6-2;/h14H,5-13H2,1-4H3,(H2,17,18,19);1H. The lowest BCUT2D eigenvalue weighted by Crippen LogP contribution is -2.38. The van der Waals surface area contributed by atoms with Crippen molar-refractivity contribution in [2.45, 2.75) is 59.8 Å². The van der Waals surface area contributed by atoms with E-state index in [1.54, 1.807) is 0 Å². The van der Waals surface area contributed by atoms with Crippen LogP contribution in [-0.2, 0) is 9.53 Å². The quantitative estimate of drug-likeness (QED) is 0.175. The van der Waals surface area contributed by atoms with E-state index in [0.29, 0.717) is 18.9 Å². The van der Waals surface area contributed by atoms with Crippen molar-refractivity contribution in [2.24, 2.45) is 10.9 Å². The van der Waals surface area contributed by atoms with Gasteiger partial charge in [-0.05, 0) is 32.6 Å². The Bertz CT molecular complexity index is 297. The van der Waals surface area contributed by atoms with Crippen molar-refractivity contribution in [2.75, 3.05) is 26.2 Å². The van der Waals surface area contributed by atoms with E-state index in [9.17, 15) is 4.79 Å².